The van der Waals surface area contributed by atoms with E-state index in [4.69, 9.17) is 4.74 Å². The van der Waals surface area contributed by atoms with E-state index >= 15 is 0 Å². The van der Waals surface area contributed by atoms with Gasteiger partial charge < -0.3 is 15.0 Å². The Labute approximate surface area is 154 Å². The van der Waals surface area contributed by atoms with Crippen LogP contribution in [0.1, 0.15) is 15.9 Å². The molecule has 7 nitrogen and oxygen atoms in total. The van der Waals surface area contributed by atoms with E-state index in [-0.39, 0.29) is 12.5 Å². The fraction of sp³-hybridized carbons (Fsp3) is 0.150. The minimum atomic E-state index is -0.535. The Morgan fingerprint density at radius 2 is 1.96 bits per heavy atom. The summed E-state index contributed by atoms with van der Waals surface area (Å²) < 4.78 is 6.23. The summed E-state index contributed by atoms with van der Waals surface area (Å²) >= 11 is 0. The number of nitrogens with one attached hydrogen (secondary N) is 2. The summed E-state index contributed by atoms with van der Waals surface area (Å²) in [7, 11) is 1.57. The molecule has 2 aromatic carbocycles. The lowest BCUT2D eigenvalue weighted by atomic mass is 10.1. The maximum Gasteiger partial charge on any atom is 0.329 e. The van der Waals surface area contributed by atoms with Crippen LogP contribution in [-0.4, -0.2) is 29.1 Å². The van der Waals surface area contributed by atoms with Crippen LogP contribution in [-0.2, 0) is 6.54 Å². The summed E-state index contributed by atoms with van der Waals surface area (Å²) in [5.74, 6) is 0.390. The molecule has 7 heteroatoms. The van der Waals surface area contributed by atoms with E-state index in [2.05, 4.69) is 16.9 Å². The van der Waals surface area contributed by atoms with Crippen LogP contribution in [0.3, 0.4) is 0 Å². The fourth-order valence-electron chi connectivity index (χ4n) is 2.72. The van der Waals surface area contributed by atoms with Crippen LogP contribution in [0.5, 0.6) is 5.75 Å². The van der Waals surface area contributed by atoms with E-state index < -0.39 is 11.2 Å². The predicted molar refractivity (Wildman–Crippen MR) is 103 cm³/mol. The molecule has 0 aliphatic rings. The number of hydrogen-bond donors (Lipinski definition) is 2. The van der Waals surface area contributed by atoms with E-state index in [9.17, 15) is 14.4 Å². The van der Waals surface area contributed by atoms with Gasteiger partial charge in [-0.3, -0.25) is 14.2 Å². The Morgan fingerprint density at radius 3 is 2.63 bits per heavy atom. The van der Waals surface area contributed by atoms with Crippen LogP contribution in [0.2, 0.25) is 0 Å². The summed E-state index contributed by atoms with van der Waals surface area (Å²) in [4.78, 5) is 39.8. The van der Waals surface area contributed by atoms with Gasteiger partial charge in [-0.25, -0.2) is 4.79 Å². The molecule has 0 atom stereocenters. The highest BCUT2D eigenvalue weighted by molar-refractivity contribution is 5.97. The monoisotopic (exact) mass is 365 g/mol. The Morgan fingerprint density at radius 1 is 1.22 bits per heavy atom. The second kappa shape index (κ2) is 7.74. The molecule has 3 rings (SSSR count). The van der Waals surface area contributed by atoms with Gasteiger partial charge in [0.2, 0.25) is 0 Å². The number of carbonyl (C=O) groups is 1. The number of fused-ring (bicyclic) bond motifs is 1. The SMILES string of the molecule is C=CCNC(=O)c1ccc2c(=O)n(Cc3ccc(OC)cc3)c(=O)[nH]c2c1. The third-order valence-corrected chi connectivity index (χ3v) is 4.15. The highest BCUT2D eigenvalue weighted by atomic mass is 16.5. The van der Waals surface area contributed by atoms with E-state index in [1.165, 1.54) is 6.07 Å². The first-order chi connectivity index (χ1) is 13.0. The molecule has 0 saturated heterocycles. The molecule has 0 saturated carbocycles. The van der Waals surface area contributed by atoms with Crippen molar-refractivity contribution in [3.8, 4) is 5.75 Å². The predicted octanol–water partition coefficient (Wildman–Crippen LogP) is 1.66. The van der Waals surface area contributed by atoms with Crippen molar-refractivity contribution in [1.82, 2.24) is 14.9 Å². The Bertz CT molecular complexity index is 1110. The molecule has 27 heavy (non-hydrogen) atoms. The van der Waals surface area contributed by atoms with Gasteiger partial charge in [0.1, 0.15) is 5.75 Å². The normalized spacial score (nSPS) is 10.6. The molecular weight excluding hydrogens is 346 g/mol. The molecule has 0 fully saturated rings. The zero-order valence-electron chi connectivity index (χ0n) is 14.8. The number of hydrogen-bond acceptors (Lipinski definition) is 4. The van der Waals surface area contributed by atoms with E-state index in [0.29, 0.717) is 28.8 Å². The van der Waals surface area contributed by atoms with Crippen molar-refractivity contribution in [2.24, 2.45) is 0 Å². The Kier molecular flexibility index (Phi) is 5.21. The second-order valence-corrected chi connectivity index (χ2v) is 5.93. The number of nitrogens with zero attached hydrogens (tertiary/aromatic N) is 1. The smallest absolute Gasteiger partial charge is 0.329 e. The van der Waals surface area contributed by atoms with E-state index in [0.717, 1.165) is 10.1 Å². The van der Waals surface area contributed by atoms with Gasteiger partial charge in [0, 0.05) is 12.1 Å². The average molecular weight is 365 g/mol. The molecule has 3 aromatic rings. The van der Waals surface area contributed by atoms with Crippen molar-refractivity contribution in [3.63, 3.8) is 0 Å². The maximum absolute atomic E-state index is 12.7. The summed E-state index contributed by atoms with van der Waals surface area (Å²) in [5.41, 5.74) is 0.521. The van der Waals surface area contributed by atoms with Gasteiger partial charge >= 0.3 is 5.69 Å². The minimum Gasteiger partial charge on any atom is -0.497 e. The van der Waals surface area contributed by atoms with Crippen LogP contribution < -0.4 is 21.3 Å². The van der Waals surface area contributed by atoms with Gasteiger partial charge in [-0.2, -0.15) is 0 Å². The summed E-state index contributed by atoms with van der Waals surface area (Å²) in [6.45, 7) is 4.00. The van der Waals surface area contributed by atoms with Gasteiger partial charge in [-0.05, 0) is 35.9 Å². The zero-order chi connectivity index (χ0) is 19.4. The number of carbonyl (C=O) groups excluding carboxylic acids is 1. The fourth-order valence-corrected chi connectivity index (χ4v) is 2.72. The first kappa shape index (κ1) is 18.2. The van der Waals surface area contributed by atoms with Gasteiger partial charge in [-0.1, -0.05) is 18.2 Å². The van der Waals surface area contributed by atoms with Crippen molar-refractivity contribution >= 4 is 16.8 Å². The van der Waals surface area contributed by atoms with Crippen LogP contribution in [0.15, 0.2) is 64.7 Å². The minimum absolute atomic E-state index is 0.135. The van der Waals surface area contributed by atoms with Gasteiger partial charge in [-0.15, -0.1) is 6.58 Å². The third-order valence-electron chi connectivity index (χ3n) is 4.15. The van der Waals surface area contributed by atoms with E-state index in [1.807, 2.05) is 0 Å². The molecule has 138 valence electrons. The number of aromatic amines is 1. The number of methoxy groups -OCH3 is 1. The van der Waals surface area contributed by atoms with Crippen molar-refractivity contribution in [1.29, 1.82) is 0 Å². The molecule has 0 bridgehead atoms. The van der Waals surface area contributed by atoms with Gasteiger partial charge in [0.05, 0.1) is 24.6 Å². The van der Waals surface area contributed by atoms with Crippen LogP contribution in [0.25, 0.3) is 10.9 Å². The van der Waals surface area contributed by atoms with Crippen LogP contribution >= 0.6 is 0 Å². The second-order valence-electron chi connectivity index (χ2n) is 5.93. The molecule has 0 spiro atoms. The van der Waals surface area contributed by atoms with E-state index in [1.54, 1.807) is 49.6 Å². The number of H-pyrrole nitrogens is 1. The molecule has 0 aliphatic carbocycles. The van der Waals surface area contributed by atoms with Crippen molar-refractivity contribution < 1.29 is 9.53 Å². The first-order valence-corrected chi connectivity index (χ1v) is 8.32. The highest BCUT2D eigenvalue weighted by Crippen LogP contribution is 2.12. The number of ether oxygens (including phenoxy) is 1. The Hall–Kier alpha value is -3.61. The number of aromatic nitrogens is 2. The van der Waals surface area contributed by atoms with Crippen LogP contribution in [0.4, 0.5) is 0 Å². The molecule has 1 aromatic heterocycles. The molecule has 1 amide bonds. The van der Waals surface area contributed by atoms with Crippen LogP contribution in [0, 0.1) is 0 Å². The topological polar surface area (TPSA) is 93.2 Å². The lowest BCUT2D eigenvalue weighted by Gasteiger charge is -2.09. The van der Waals surface area contributed by atoms with Gasteiger partial charge in [0.25, 0.3) is 11.5 Å². The highest BCUT2D eigenvalue weighted by Gasteiger charge is 2.11. The first-order valence-electron chi connectivity index (χ1n) is 8.32. The van der Waals surface area contributed by atoms with Crippen molar-refractivity contribution in [2.45, 2.75) is 6.54 Å². The lowest BCUT2D eigenvalue weighted by Crippen LogP contribution is -2.35. The summed E-state index contributed by atoms with van der Waals surface area (Å²) in [6.07, 6.45) is 1.57. The molecular formula is C20H19N3O4. The standard InChI is InChI=1S/C20H19N3O4/c1-3-10-21-18(24)14-6-9-16-17(11-14)22-20(26)23(19(16)25)12-13-4-7-15(27-2)8-5-13/h3-9,11H,1,10,12H2,2H3,(H,21,24)(H,22,26). The molecule has 0 radical (unpaired) electrons. The number of benzene rings is 2. The summed E-state index contributed by atoms with van der Waals surface area (Å²) in [5, 5.41) is 2.99. The zero-order valence-corrected chi connectivity index (χ0v) is 14.8. The maximum atomic E-state index is 12.7. The third kappa shape index (κ3) is 3.82. The van der Waals surface area contributed by atoms with Gasteiger partial charge in [0.15, 0.2) is 0 Å². The summed E-state index contributed by atoms with van der Waals surface area (Å²) in [6, 6.07) is 11.7. The largest absolute Gasteiger partial charge is 0.497 e. The number of rotatable bonds is 6. The molecule has 0 aliphatic heterocycles. The number of amides is 1. The molecule has 2 N–H and O–H groups in total. The van der Waals surface area contributed by atoms with Crippen molar-refractivity contribution in [3.05, 3.63) is 87.1 Å². The molecule has 1 heterocycles. The molecule has 0 unspecified atom stereocenters. The van der Waals surface area contributed by atoms with Crippen molar-refractivity contribution in [2.75, 3.05) is 13.7 Å². The average Bonchev–Trinajstić information content (AvgIpc) is 2.69. The Balaban J connectivity index is 1.98. The lowest BCUT2D eigenvalue weighted by molar-refractivity contribution is 0.0958. The quantitative estimate of drug-likeness (QED) is 0.650.